The van der Waals surface area contributed by atoms with E-state index >= 15 is 0 Å². The van der Waals surface area contributed by atoms with Gasteiger partial charge in [0, 0.05) is 12.1 Å². The smallest absolute Gasteiger partial charge is 0.407 e. The lowest BCUT2D eigenvalue weighted by atomic mass is 10.2. The quantitative estimate of drug-likeness (QED) is 0.606. The molecule has 0 aromatic rings. The van der Waals surface area contributed by atoms with E-state index in [0.29, 0.717) is 13.0 Å². The molecule has 5 heteroatoms. The summed E-state index contributed by atoms with van der Waals surface area (Å²) in [6, 6.07) is -0.106. The Morgan fingerprint density at radius 1 is 1.33 bits per heavy atom. The van der Waals surface area contributed by atoms with Crippen LogP contribution in [0.25, 0.3) is 0 Å². The molecule has 0 heterocycles. The van der Waals surface area contributed by atoms with Gasteiger partial charge < -0.3 is 14.8 Å². The van der Waals surface area contributed by atoms with Crippen molar-refractivity contribution in [2.45, 2.75) is 52.7 Å². The molecule has 18 heavy (non-hydrogen) atoms. The van der Waals surface area contributed by atoms with Crippen LogP contribution in [0.1, 0.15) is 41.0 Å². The van der Waals surface area contributed by atoms with Gasteiger partial charge in [-0.05, 0) is 41.0 Å². The minimum absolute atomic E-state index is 0.106. The molecule has 0 unspecified atom stereocenters. The summed E-state index contributed by atoms with van der Waals surface area (Å²) >= 11 is 0. The molecular formula is C13H23NO4. The van der Waals surface area contributed by atoms with Crippen molar-refractivity contribution in [2.75, 3.05) is 6.61 Å². The van der Waals surface area contributed by atoms with Crippen LogP contribution < -0.4 is 5.32 Å². The fourth-order valence-corrected chi connectivity index (χ4v) is 1.13. The minimum Gasteiger partial charge on any atom is -0.463 e. The molecule has 0 aliphatic rings. The number of carbonyl (C=O) groups is 2. The molecule has 0 aliphatic heterocycles. The first-order valence-corrected chi connectivity index (χ1v) is 6.07. The lowest BCUT2D eigenvalue weighted by Crippen LogP contribution is -2.37. The molecule has 1 atom stereocenters. The molecule has 1 N–H and O–H groups in total. The maximum atomic E-state index is 11.4. The van der Waals surface area contributed by atoms with E-state index in [-0.39, 0.29) is 12.0 Å². The molecule has 0 fully saturated rings. The van der Waals surface area contributed by atoms with E-state index in [1.54, 1.807) is 33.8 Å². The largest absolute Gasteiger partial charge is 0.463 e. The van der Waals surface area contributed by atoms with Gasteiger partial charge in [0.05, 0.1) is 6.61 Å². The Morgan fingerprint density at radius 3 is 2.44 bits per heavy atom. The summed E-state index contributed by atoms with van der Waals surface area (Å²) < 4.78 is 9.84. The third kappa shape index (κ3) is 9.69. The summed E-state index contributed by atoms with van der Waals surface area (Å²) in [6.45, 7) is 9.35. The Hall–Kier alpha value is -1.52. The van der Waals surface area contributed by atoms with Gasteiger partial charge in [0.15, 0.2) is 0 Å². The Bertz CT molecular complexity index is 305. The molecule has 0 aromatic carbocycles. The summed E-state index contributed by atoms with van der Waals surface area (Å²) in [5.41, 5.74) is -0.509. The van der Waals surface area contributed by atoms with Crippen LogP contribution in [0.15, 0.2) is 12.2 Å². The molecule has 0 radical (unpaired) electrons. The Balaban J connectivity index is 3.94. The first kappa shape index (κ1) is 16.5. The van der Waals surface area contributed by atoms with Gasteiger partial charge in [0.2, 0.25) is 0 Å². The van der Waals surface area contributed by atoms with Gasteiger partial charge in [-0.3, -0.25) is 0 Å². The predicted molar refractivity (Wildman–Crippen MR) is 69.2 cm³/mol. The minimum atomic E-state index is -0.509. The van der Waals surface area contributed by atoms with E-state index in [2.05, 4.69) is 5.32 Å². The zero-order chi connectivity index (χ0) is 14.2. The summed E-state index contributed by atoms with van der Waals surface area (Å²) in [6.07, 6.45) is 3.11. The number of carbonyl (C=O) groups excluding carboxylic acids is 2. The molecule has 0 aromatic heterocycles. The molecule has 0 bridgehead atoms. The number of rotatable bonds is 5. The van der Waals surface area contributed by atoms with Crippen molar-refractivity contribution < 1.29 is 19.1 Å². The van der Waals surface area contributed by atoms with Crippen LogP contribution in [0, 0.1) is 0 Å². The summed E-state index contributed by atoms with van der Waals surface area (Å²) in [4.78, 5) is 22.4. The van der Waals surface area contributed by atoms with Crippen LogP contribution in [0.4, 0.5) is 4.79 Å². The van der Waals surface area contributed by atoms with E-state index in [4.69, 9.17) is 9.47 Å². The SMILES string of the molecule is CCOC(=O)/C=C/C[C@H](C)NC(=O)OC(C)(C)C. The lowest BCUT2D eigenvalue weighted by Gasteiger charge is -2.21. The van der Waals surface area contributed by atoms with Gasteiger partial charge in [-0.15, -0.1) is 0 Å². The highest BCUT2D eigenvalue weighted by molar-refractivity contribution is 5.81. The standard InChI is InChI=1S/C13H23NO4/c1-6-17-11(15)9-7-8-10(2)14-12(16)18-13(3,4)5/h7,9-10H,6,8H2,1-5H3,(H,14,16)/b9-7+/t10-/m0/s1. The number of alkyl carbamates (subject to hydrolysis) is 1. The summed E-state index contributed by atoms with van der Waals surface area (Å²) in [5.74, 6) is -0.373. The monoisotopic (exact) mass is 257 g/mol. The number of ether oxygens (including phenoxy) is 2. The molecule has 0 aliphatic carbocycles. The van der Waals surface area contributed by atoms with Crippen molar-refractivity contribution >= 4 is 12.1 Å². The Labute approximate surface area is 109 Å². The molecule has 0 saturated carbocycles. The molecule has 0 spiro atoms. The molecule has 5 nitrogen and oxygen atoms in total. The van der Waals surface area contributed by atoms with Crippen molar-refractivity contribution in [3.8, 4) is 0 Å². The average molecular weight is 257 g/mol. The van der Waals surface area contributed by atoms with Gasteiger partial charge in [-0.25, -0.2) is 9.59 Å². The molecular weight excluding hydrogens is 234 g/mol. The third-order valence-corrected chi connectivity index (χ3v) is 1.79. The highest BCUT2D eigenvalue weighted by Crippen LogP contribution is 2.07. The number of hydrogen-bond donors (Lipinski definition) is 1. The molecule has 104 valence electrons. The van der Waals surface area contributed by atoms with E-state index in [1.807, 2.05) is 6.92 Å². The third-order valence-electron chi connectivity index (χ3n) is 1.79. The van der Waals surface area contributed by atoms with Crippen LogP contribution in [0.5, 0.6) is 0 Å². The van der Waals surface area contributed by atoms with Crippen LogP contribution in [0.3, 0.4) is 0 Å². The Kier molecular flexibility index (Phi) is 7.08. The predicted octanol–water partition coefficient (Wildman–Crippen LogP) is 2.41. The molecule has 0 saturated heterocycles. The van der Waals surface area contributed by atoms with Crippen LogP contribution in [0.2, 0.25) is 0 Å². The van der Waals surface area contributed by atoms with E-state index in [1.165, 1.54) is 6.08 Å². The van der Waals surface area contributed by atoms with E-state index in [0.717, 1.165) is 0 Å². The first-order chi connectivity index (χ1) is 8.24. The second kappa shape index (κ2) is 7.74. The van der Waals surface area contributed by atoms with Crippen molar-refractivity contribution in [1.82, 2.24) is 5.32 Å². The van der Waals surface area contributed by atoms with Crippen molar-refractivity contribution in [3.63, 3.8) is 0 Å². The number of hydrogen-bond acceptors (Lipinski definition) is 4. The van der Waals surface area contributed by atoms with E-state index in [9.17, 15) is 9.59 Å². The van der Waals surface area contributed by atoms with Gasteiger partial charge in [0.1, 0.15) is 5.60 Å². The van der Waals surface area contributed by atoms with Gasteiger partial charge in [0.25, 0.3) is 0 Å². The van der Waals surface area contributed by atoms with Crippen LogP contribution >= 0.6 is 0 Å². The second-order valence-electron chi connectivity index (χ2n) is 4.94. The summed E-state index contributed by atoms with van der Waals surface area (Å²) in [7, 11) is 0. The Morgan fingerprint density at radius 2 is 1.94 bits per heavy atom. The van der Waals surface area contributed by atoms with E-state index < -0.39 is 11.7 Å². The lowest BCUT2D eigenvalue weighted by molar-refractivity contribution is -0.137. The van der Waals surface area contributed by atoms with Gasteiger partial charge >= 0.3 is 12.1 Å². The van der Waals surface area contributed by atoms with Crippen molar-refractivity contribution in [1.29, 1.82) is 0 Å². The zero-order valence-electron chi connectivity index (χ0n) is 11.8. The topological polar surface area (TPSA) is 64.6 Å². The zero-order valence-corrected chi connectivity index (χ0v) is 11.8. The highest BCUT2D eigenvalue weighted by atomic mass is 16.6. The first-order valence-electron chi connectivity index (χ1n) is 6.07. The van der Waals surface area contributed by atoms with Crippen LogP contribution in [-0.4, -0.2) is 30.3 Å². The second-order valence-corrected chi connectivity index (χ2v) is 4.94. The average Bonchev–Trinajstić information content (AvgIpc) is 2.14. The molecule has 1 amide bonds. The van der Waals surface area contributed by atoms with Crippen molar-refractivity contribution in [2.24, 2.45) is 0 Å². The van der Waals surface area contributed by atoms with Crippen molar-refractivity contribution in [3.05, 3.63) is 12.2 Å². The maximum absolute atomic E-state index is 11.4. The number of nitrogens with one attached hydrogen (secondary N) is 1. The van der Waals surface area contributed by atoms with Crippen LogP contribution in [-0.2, 0) is 14.3 Å². The highest BCUT2D eigenvalue weighted by Gasteiger charge is 2.17. The normalized spacial score (nSPS) is 13.2. The number of amides is 1. The van der Waals surface area contributed by atoms with Gasteiger partial charge in [-0.1, -0.05) is 6.08 Å². The fraction of sp³-hybridized carbons (Fsp3) is 0.692. The fourth-order valence-electron chi connectivity index (χ4n) is 1.13. The summed E-state index contributed by atoms with van der Waals surface area (Å²) in [5, 5.41) is 2.68. The van der Waals surface area contributed by atoms with Gasteiger partial charge in [-0.2, -0.15) is 0 Å². The number of esters is 1. The molecule has 0 rings (SSSR count). The maximum Gasteiger partial charge on any atom is 0.407 e.